The van der Waals surface area contributed by atoms with Gasteiger partial charge in [0.25, 0.3) is 0 Å². The van der Waals surface area contributed by atoms with Gasteiger partial charge in [-0.25, -0.2) is 9.55 Å². The van der Waals surface area contributed by atoms with E-state index in [1.54, 1.807) is 0 Å². The SMILES string of the molecule is CCCCCCCCc1nccn1C(F)(F)F. The monoisotopic (exact) mass is 248 g/mol. The molecular weight excluding hydrogens is 229 g/mol. The van der Waals surface area contributed by atoms with Crippen LogP contribution in [0.1, 0.15) is 51.3 Å². The molecule has 17 heavy (non-hydrogen) atoms. The van der Waals surface area contributed by atoms with E-state index in [0.29, 0.717) is 11.0 Å². The summed E-state index contributed by atoms with van der Waals surface area (Å²) in [6.07, 6.45) is 4.65. The Morgan fingerprint density at radius 2 is 1.76 bits per heavy atom. The number of hydrogen-bond donors (Lipinski definition) is 0. The van der Waals surface area contributed by atoms with Crippen molar-refractivity contribution in [2.75, 3.05) is 0 Å². The fraction of sp³-hybridized carbons (Fsp3) is 0.750. The predicted octanol–water partition coefficient (Wildman–Crippen LogP) is 4.26. The van der Waals surface area contributed by atoms with Gasteiger partial charge in [0.05, 0.1) is 0 Å². The van der Waals surface area contributed by atoms with Gasteiger partial charge in [0.2, 0.25) is 0 Å². The number of alkyl halides is 3. The number of nitrogens with zero attached hydrogens (tertiary/aromatic N) is 2. The van der Waals surface area contributed by atoms with Crippen LogP contribution in [0.3, 0.4) is 0 Å². The molecule has 1 aromatic heterocycles. The number of halogens is 3. The van der Waals surface area contributed by atoms with Crippen LogP contribution in [0.15, 0.2) is 12.4 Å². The van der Waals surface area contributed by atoms with Gasteiger partial charge in [-0.15, -0.1) is 13.2 Å². The summed E-state index contributed by atoms with van der Waals surface area (Å²) in [6, 6.07) is 0. The molecule has 0 aliphatic heterocycles. The van der Waals surface area contributed by atoms with Crippen molar-refractivity contribution in [2.45, 2.75) is 58.2 Å². The Kier molecular flexibility index (Phi) is 5.51. The minimum Gasteiger partial charge on any atom is -0.245 e. The molecule has 1 rings (SSSR count). The zero-order valence-corrected chi connectivity index (χ0v) is 10.1. The number of rotatable bonds is 7. The lowest BCUT2D eigenvalue weighted by Gasteiger charge is -2.10. The maximum Gasteiger partial charge on any atom is 0.489 e. The summed E-state index contributed by atoms with van der Waals surface area (Å²) in [5.41, 5.74) is 0. The Hall–Kier alpha value is -1.00. The molecular formula is C12H19F3N2. The maximum atomic E-state index is 12.5. The summed E-state index contributed by atoms with van der Waals surface area (Å²) >= 11 is 0. The molecule has 2 nitrogen and oxygen atoms in total. The number of aromatic nitrogens is 2. The van der Waals surface area contributed by atoms with Gasteiger partial charge >= 0.3 is 6.30 Å². The fourth-order valence-corrected chi connectivity index (χ4v) is 1.81. The van der Waals surface area contributed by atoms with E-state index in [-0.39, 0.29) is 5.82 Å². The smallest absolute Gasteiger partial charge is 0.245 e. The van der Waals surface area contributed by atoms with Crippen LogP contribution in [0.5, 0.6) is 0 Å². The molecule has 0 radical (unpaired) electrons. The van der Waals surface area contributed by atoms with E-state index in [1.807, 2.05) is 0 Å². The lowest BCUT2D eigenvalue weighted by molar-refractivity contribution is -0.205. The summed E-state index contributed by atoms with van der Waals surface area (Å²) in [7, 11) is 0. The van der Waals surface area contributed by atoms with Crippen molar-refractivity contribution < 1.29 is 13.2 Å². The van der Waals surface area contributed by atoms with Crippen molar-refractivity contribution >= 4 is 0 Å². The molecule has 0 aliphatic carbocycles. The van der Waals surface area contributed by atoms with Crippen LogP contribution in [-0.4, -0.2) is 9.55 Å². The van der Waals surface area contributed by atoms with Crippen molar-refractivity contribution in [3.05, 3.63) is 18.2 Å². The molecule has 0 unspecified atom stereocenters. The molecule has 0 saturated carbocycles. The van der Waals surface area contributed by atoms with Crippen LogP contribution < -0.4 is 0 Å². The van der Waals surface area contributed by atoms with Crippen molar-refractivity contribution in [2.24, 2.45) is 0 Å². The first-order chi connectivity index (χ1) is 8.05. The summed E-state index contributed by atoms with van der Waals surface area (Å²) < 4.78 is 37.7. The average Bonchev–Trinajstić information content (AvgIpc) is 2.71. The van der Waals surface area contributed by atoms with E-state index in [4.69, 9.17) is 0 Å². The van der Waals surface area contributed by atoms with Gasteiger partial charge in [0.1, 0.15) is 5.82 Å². The van der Waals surface area contributed by atoms with Crippen LogP contribution in [0.4, 0.5) is 13.2 Å². The predicted molar refractivity (Wildman–Crippen MR) is 60.6 cm³/mol. The first-order valence-corrected chi connectivity index (χ1v) is 6.15. The van der Waals surface area contributed by atoms with Gasteiger partial charge in [0, 0.05) is 18.8 Å². The minimum atomic E-state index is -4.34. The van der Waals surface area contributed by atoms with E-state index in [9.17, 15) is 13.2 Å². The highest BCUT2D eigenvalue weighted by atomic mass is 19.4. The molecule has 0 fully saturated rings. The fourth-order valence-electron chi connectivity index (χ4n) is 1.81. The van der Waals surface area contributed by atoms with Gasteiger partial charge in [-0.05, 0) is 6.42 Å². The Labute approximate surface area is 99.9 Å². The molecule has 0 amide bonds. The van der Waals surface area contributed by atoms with Crippen molar-refractivity contribution in [3.8, 4) is 0 Å². The van der Waals surface area contributed by atoms with E-state index >= 15 is 0 Å². The molecule has 0 N–H and O–H groups in total. The Morgan fingerprint density at radius 3 is 2.41 bits per heavy atom. The zero-order valence-electron chi connectivity index (χ0n) is 10.1. The third kappa shape index (κ3) is 4.79. The number of hydrogen-bond acceptors (Lipinski definition) is 1. The van der Waals surface area contributed by atoms with Crippen LogP contribution >= 0.6 is 0 Å². The van der Waals surface area contributed by atoms with Gasteiger partial charge in [-0.3, -0.25) is 0 Å². The first kappa shape index (κ1) is 14.1. The topological polar surface area (TPSA) is 17.8 Å². The highest BCUT2D eigenvalue weighted by molar-refractivity contribution is 4.93. The first-order valence-electron chi connectivity index (χ1n) is 6.15. The molecule has 0 aliphatic rings. The molecule has 5 heteroatoms. The van der Waals surface area contributed by atoms with E-state index < -0.39 is 6.30 Å². The normalized spacial score (nSPS) is 12.0. The second kappa shape index (κ2) is 6.67. The van der Waals surface area contributed by atoms with E-state index in [2.05, 4.69) is 11.9 Å². The number of unbranched alkanes of at least 4 members (excludes halogenated alkanes) is 5. The van der Waals surface area contributed by atoms with Crippen LogP contribution in [-0.2, 0) is 12.7 Å². The summed E-state index contributed by atoms with van der Waals surface area (Å²) in [6.45, 7) is 2.14. The third-order valence-electron chi connectivity index (χ3n) is 2.74. The number of aryl methyl sites for hydroxylation is 1. The minimum absolute atomic E-state index is 0.119. The van der Waals surface area contributed by atoms with Crippen LogP contribution in [0.25, 0.3) is 0 Å². The molecule has 0 atom stereocenters. The van der Waals surface area contributed by atoms with Gasteiger partial charge in [-0.1, -0.05) is 39.0 Å². The summed E-state index contributed by atoms with van der Waals surface area (Å²) in [5.74, 6) is 0.119. The van der Waals surface area contributed by atoms with Gasteiger partial charge in [-0.2, -0.15) is 0 Å². The third-order valence-corrected chi connectivity index (χ3v) is 2.74. The second-order valence-corrected chi connectivity index (χ2v) is 4.20. The molecule has 98 valence electrons. The summed E-state index contributed by atoms with van der Waals surface area (Å²) in [5, 5.41) is 0. The Morgan fingerprint density at radius 1 is 1.12 bits per heavy atom. The molecule has 0 bridgehead atoms. The van der Waals surface area contributed by atoms with Crippen LogP contribution in [0, 0.1) is 0 Å². The second-order valence-electron chi connectivity index (χ2n) is 4.20. The highest BCUT2D eigenvalue weighted by Gasteiger charge is 2.32. The molecule has 0 aromatic carbocycles. The zero-order chi connectivity index (χ0) is 12.7. The maximum absolute atomic E-state index is 12.5. The van der Waals surface area contributed by atoms with Crippen molar-refractivity contribution in [1.82, 2.24) is 9.55 Å². The average molecular weight is 248 g/mol. The lowest BCUT2D eigenvalue weighted by Crippen LogP contribution is -2.18. The quantitative estimate of drug-likeness (QED) is 0.659. The molecule has 0 spiro atoms. The van der Waals surface area contributed by atoms with E-state index in [0.717, 1.165) is 25.5 Å². The van der Waals surface area contributed by atoms with Gasteiger partial charge < -0.3 is 0 Å². The Bertz CT molecular complexity index is 318. The molecule has 1 heterocycles. The Balaban J connectivity index is 2.30. The largest absolute Gasteiger partial charge is 0.489 e. The highest BCUT2D eigenvalue weighted by Crippen LogP contribution is 2.24. The molecule has 1 aromatic rings. The summed E-state index contributed by atoms with van der Waals surface area (Å²) in [4.78, 5) is 3.76. The molecule has 0 saturated heterocycles. The van der Waals surface area contributed by atoms with Crippen molar-refractivity contribution in [1.29, 1.82) is 0 Å². The van der Waals surface area contributed by atoms with E-state index in [1.165, 1.54) is 25.5 Å². The number of imidazole rings is 1. The van der Waals surface area contributed by atoms with Crippen molar-refractivity contribution in [3.63, 3.8) is 0 Å². The standard InChI is InChI=1S/C12H19F3N2/c1-2-3-4-5-6-7-8-11-16-9-10-17(11)12(13,14)15/h9-10H,2-8H2,1H3. The lowest BCUT2D eigenvalue weighted by atomic mass is 10.1. The van der Waals surface area contributed by atoms with Crippen LogP contribution in [0.2, 0.25) is 0 Å². The van der Waals surface area contributed by atoms with Gasteiger partial charge in [0.15, 0.2) is 0 Å².